The Morgan fingerprint density at radius 2 is 2.10 bits per heavy atom. The van der Waals surface area contributed by atoms with Gasteiger partial charge in [-0.25, -0.2) is 9.97 Å². The van der Waals surface area contributed by atoms with Crippen molar-refractivity contribution in [2.75, 3.05) is 13.3 Å². The molecule has 3 heteroatoms. The van der Waals surface area contributed by atoms with Gasteiger partial charge in [0.15, 0.2) is 0 Å². The van der Waals surface area contributed by atoms with Crippen LogP contribution in [0.2, 0.25) is 0 Å². The second-order valence-electron chi connectivity index (χ2n) is 2.36. The summed E-state index contributed by atoms with van der Waals surface area (Å²) >= 11 is 0. The van der Waals surface area contributed by atoms with E-state index in [2.05, 4.69) is 23.3 Å². The molecule has 54 valence electrons. The standard InChI is InChI=1S/C7H11N2P/c1-6-8-5-4-7(9-6)10(2)3/h4-5H,1-3H3. The molecule has 0 bridgehead atoms. The van der Waals surface area contributed by atoms with Gasteiger partial charge in [0.05, 0.1) is 5.44 Å². The smallest absolute Gasteiger partial charge is 0.125 e. The molecule has 0 atom stereocenters. The molecule has 1 heterocycles. The highest BCUT2D eigenvalue weighted by Crippen LogP contribution is 2.20. The molecular formula is C7H11N2P. The summed E-state index contributed by atoms with van der Waals surface area (Å²) in [5.41, 5.74) is 1.18. The fourth-order valence-corrected chi connectivity index (χ4v) is 1.40. The molecule has 1 aromatic rings. The number of aryl methyl sites for hydroxylation is 1. The van der Waals surface area contributed by atoms with Crippen LogP contribution in [0.25, 0.3) is 0 Å². The van der Waals surface area contributed by atoms with Crippen molar-refractivity contribution < 1.29 is 0 Å². The van der Waals surface area contributed by atoms with Gasteiger partial charge in [0.25, 0.3) is 0 Å². The van der Waals surface area contributed by atoms with Gasteiger partial charge in [-0.3, -0.25) is 0 Å². The molecule has 0 spiro atoms. The Bertz CT molecular complexity index is 223. The molecule has 0 radical (unpaired) electrons. The van der Waals surface area contributed by atoms with E-state index in [4.69, 9.17) is 0 Å². The van der Waals surface area contributed by atoms with E-state index in [-0.39, 0.29) is 7.92 Å². The predicted molar refractivity (Wildman–Crippen MR) is 45.2 cm³/mol. The summed E-state index contributed by atoms with van der Waals surface area (Å²) < 4.78 is 0. The lowest BCUT2D eigenvalue weighted by atomic mass is 10.6. The monoisotopic (exact) mass is 154 g/mol. The first-order chi connectivity index (χ1) is 4.70. The molecule has 0 aliphatic rings. The van der Waals surface area contributed by atoms with Crippen LogP contribution in [0.3, 0.4) is 0 Å². The van der Waals surface area contributed by atoms with Crippen molar-refractivity contribution in [3.05, 3.63) is 18.1 Å². The molecule has 0 aromatic carbocycles. The Kier molecular flexibility index (Phi) is 2.34. The highest BCUT2D eigenvalue weighted by molar-refractivity contribution is 7.63. The van der Waals surface area contributed by atoms with E-state index >= 15 is 0 Å². The number of aromatic nitrogens is 2. The fraction of sp³-hybridized carbons (Fsp3) is 0.429. The summed E-state index contributed by atoms with van der Waals surface area (Å²) in [6.07, 6.45) is 1.82. The molecule has 0 saturated heterocycles. The average molecular weight is 154 g/mol. The van der Waals surface area contributed by atoms with Gasteiger partial charge >= 0.3 is 0 Å². The Morgan fingerprint density at radius 3 is 2.50 bits per heavy atom. The SMILES string of the molecule is Cc1nccc(P(C)C)n1. The minimum absolute atomic E-state index is 0.0629. The van der Waals surface area contributed by atoms with Crippen LogP contribution in [0.15, 0.2) is 12.3 Å². The van der Waals surface area contributed by atoms with Crippen molar-refractivity contribution in [3.8, 4) is 0 Å². The zero-order valence-electron chi connectivity index (χ0n) is 6.50. The summed E-state index contributed by atoms with van der Waals surface area (Å²) in [4.78, 5) is 8.31. The normalized spacial score (nSPS) is 10.4. The van der Waals surface area contributed by atoms with Crippen LogP contribution in [-0.2, 0) is 0 Å². The Hall–Kier alpha value is -0.490. The first-order valence-electron chi connectivity index (χ1n) is 3.17. The lowest BCUT2D eigenvalue weighted by molar-refractivity contribution is 1.08. The van der Waals surface area contributed by atoms with Crippen molar-refractivity contribution in [2.45, 2.75) is 6.92 Å². The van der Waals surface area contributed by atoms with Crippen LogP contribution in [0.4, 0.5) is 0 Å². The summed E-state index contributed by atoms with van der Waals surface area (Å²) in [5.74, 6) is 0.869. The van der Waals surface area contributed by atoms with Crippen LogP contribution in [0, 0.1) is 6.92 Å². The number of hydrogen-bond acceptors (Lipinski definition) is 2. The van der Waals surface area contributed by atoms with Gasteiger partial charge in [-0.15, -0.1) is 0 Å². The molecule has 0 amide bonds. The highest BCUT2D eigenvalue weighted by Gasteiger charge is 1.98. The second-order valence-corrected chi connectivity index (χ2v) is 4.60. The predicted octanol–water partition coefficient (Wildman–Crippen LogP) is 1.15. The molecule has 0 aliphatic carbocycles. The van der Waals surface area contributed by atoms with Gasteiger partial charge in [-0.2, -0.15) is 0 Å². The lowest BCUT2D eigenvalue weighted by Gasteiger charge is -2.03. The lowest BCUT2D eigenvalue weighted by Crippen LogP contribution is -2.06. The third kappa shape index (κ3) is 1.74. The van der Waals surface area contributed by atoms with Crippen LogP contribution in [0.5, 0.6) is 0 Å². The molecular weight excluding hydrogens is 143 g/mol. The van der Waals surface area contributed by atoms with Crippen molar-refractivity contribution in [1.82, 2.24) is 9.97 Å². The van der Waals surface area contributed by atoms with Crippen molar-refractivity contribution in [1.29, 1.82) is 0 Å². The largest absolute Gasteiger partial charge is 0.242 e. The van der Waals surface area contributed by atoms with Crippen LogP contribution >= 0.6 is 7.92 Å². The molecule has 0 aliphatic heterocycles. The van der Waals surface area contributed by atoms with Crippen molar-refractivity contribution in [3.63, 3.8) is 0 Å². The summed E-state index contributed by atoms with van der Waals surface area (Å²) in [7, 11) is -0.0629. The van der Waals surface area contributed by atoms with Gasteiger partial charge in [0, 0.05) is 6.20 Å². The van der Waals surface area contributed by atoms with Gasteiger partial charge < -0.3 is 0 Å². The van der Waals surface area contributed by atoms with E-state index in [0.717, 1.165) is 5.82 Å². The van der Waals surface area contributed by atoms with Crippen LogP contribution in [0.1, 0.15) is 5.82 Å². The molecule has 1 rings (SSSR count). The van der Waals surface area contributed by atoms with E-state index in [0.29, 0.717) is 0 Å². The maximum atomic E-state index is 4.29. The molecule has 0 N–H and O–H groups in total. The number of hydrogen-bond donors (Lipinski definition) is 0. The van der Waals surface area contributed by atoms with Crippen molar-refractivity contribution in [2.24, 2.45) is 0 Å². The zero-order chi connectivity index (χ0) is 7.56. The summed E-state index contributed by atoms with van der Waals surface area (Å²) in [5, 5.41) is 0. The summed E-state index contributed by atoms with van der Waals surface area (Å²) in [6, 6.07) is 1.98. The minimum Gasteiger partial charge on any atom is -0.242 e. The van der Waals surface area contributed by atoms with E-state index in [9.17, 15) is 0 Å². The molecule has 0 fully saturated rings. The molecule has 1 aromatic heterocycles. The Morgan fingerprint density at radius 1 is 1.40 bits per heavy atom. The van der Waals surface area contributed by atoms with Crippen LogP contribution < -0.4 is 5.44 Å². The first-order valence-corrected chi connectivity index (χ1v) is 5.41. The third-order valence-electron chi connectivity index (χ3n) is 1.22. The number of rotatable bonds is 1. The molecule has 2 nitrogen and oxygen atoms in total. The highest BCUT2D eigenvalue weighted by atomic mass is 31.1. The maximum Gasteiger partial charge on any atom is 0.125 e. The van der Waals surface area contributed by atoms with Crippen molar-refractivity contribution >= 4 is 13.4 Å². The van der Waals surface area contributed by atoms with E-state index < -0.39 is 0 Å². The first kappa shape index (κ1) is 7.62. The summed E-state index contributed by atoms with van der Waals surface area (Å²) in [6.45, 7) is 6.30. The third-order valence-corrected chi connectivity index (χ3v) is 2.38. The Balaban J connectivity index is 2.96. The fourth-order valence-electron chi connectivity index (χ4n) is 0.693. The zero-order valence-corrected chi connectivity index (χ0v) is 7.39. The topological polar surface area (TPSA) is 25.8 Å². The van der Waals surface area contributed by atoms with Gasteiger partial charge in [-0.1, -0.05) is 7.92 Å². The van der Waals surface area contributed by atoms with E-state index in [1.54, 1.807) is 0 Å². The average Bonchev–Trinajstić information content (AvgIpc) is 1.88. The second kappa shape index (κ2) is 3.07. The maximum absolute atomic E-state index is 4.29. The van der Waals surface area contributed by atoms with Gasteiger partial charge in [-0.05, 0) is 26.3 Å². The minimum atomic E-state index is -0.0629. The molecule has 10 heavy (non-hydrogen) atoms. The van der Waals surface area contributed by atoms with Crippen LogP contribution in [-0.4, -0.2) is 23.3 Å². The molecule has 0 saturated carbocycles. The van der Waals surface area contributed by atoms with E-state index in [1.165, 1.54) is 5.44 Å². The van der Waals surface area contributed by atoms with Gasteiger partial charge in [0.2, 0.25) is 0 Å². The van der Waals surface area contributed by atoms with Gasteiger partial charge in [0.1, 0.15) is 5.82 Å². The Labute approximate surface area is 62.5 Å². The van der Waals surface area contributed by atoms with E-state index in [1.807, 2.05) is 19.2 Å². The quantitative estimate of drug-likeness (QED) is 0.567. The number of nitrogens with zero attached hydrogens (tertiary/aromatic N) is 2. The molecule has 0 unspecified atom stereocenters.